The van der Waals surface area contributed by atoms with Gasteiger partial charge in [-0.3, -0.25) is 0 Å². The number of hydrogen-bond acceptors (Lipinski definition) is 3. The van der Waals surface area contributed by atoms with Crippen LogP contribution in [0.15, 0.2) is 48.5 Å². The van der Waals surface area contributed by atoms with E-state index in [2.05, 4.69) is 51.2 Å². The molecule has 0 saturated carbocycles. The first-order valence-corrected chi connectivity index (χ1v) is 9.27. The van der Waals surface area contributed by atoms with E-state index in [0.29, 0.717) is 5.92 Å². The van der Waals surface area contributed by atoms with Crippen LogP contribution >= 0.6 is 0 Å². The highest BCUT2D eigenvalue weighted by molar-refractivity contribution is 5.46. The summed E-state index contributed by atoms with van der Waals surface area (Å²) in [6, 6.07) is 16.3. The van der Waals surface area contributed by atoms with Crippen LogP contribution in [0.1, 0.15) is 39.2 Å². The summed E-state index contributed by atoms with van der Waals surface area (Å²) < 4.78 is 11.9. The van der Waals surface area contributed by atoms with Gasteiger partial charge in [0.05, 0.1) is 13.2 Å². The maximum absolute atomic E-state index is 6.13. The molecule has 0 aliphatic carbocycles. The van der Waals surface area contributed by atoms with Gasteiger partial charge in [0, 0.05) is 5.69 Å². The standard InChI is InChI=1S/C22H31NO2/c1-5-20(25-22-9-7-6-8-18(22)4)16-23-19-10-12-21(13-11-19)24-15-14-17(2)3/h6-13,17,20,23H,5,14-16H2,1-4H3. The highest BCUT2D eigenvalue weighted by Gasteiger charge is 2.09. The molecule has 0 heterocycles. The van der Waals surface area contributed by atoms with Gasteiger partial charge in [0.15, 0.2) is 0 Å². The molecule has 0 aliphatic heterocycles. The van der Waals surface area contributed by atoms with Gasteiger partial charge in [-0.1, -0.05) is 39.0 Å². The van der Waals surface area contributed by atoms with Gasteiger partial charge >= 0.3 is 0 Å². The molecule has 2 aromatic carbocycles. The number of para-hydroxylation sites is 1. The quantitative estimate of drug-likeness (QED) is 0.602. The highest BCUT2D eigenvalue weighted by Crippen LogP contribution is 2.20. The first kappa shape index (κ1) is 19.2. The van der Waals surface area contributed by atoms with E-state index in [9.17, 15) is 0 Å². The molecule has 0 aliphatic rings. The van der Waals surface area contributed by atoms with Crippen LogP contribution in [-0.2, 0) is 0 Å². The molecule has 1 N–H and O–H groups in total. The number of benzene rings is 2. The van der Waals surface area contributed by atoms with E-state index in [0.717, 1.165) is 43.2 Å². The van der Waals surface area contributed by atoms with Crippen LogP contribution in [0.4, 0.5) is 5.69 Å². The molecule has 0 aromatic heterocycles. The first-order valence-electron chi connectivity index (χ1n) is 9.27. The van der Waals surface area contributed by atoms with Gasteiger partial charge in [0.25, 0.3) is 0 Å². The van der Waals surface area contributed by atoms with Crippen molar-refractivity contribution in [1.29, 1.82) is 0 Å². The van der Waals surface area contributed by atoms with Crippen molar-refractivity contribution in [3.05, 3.63) is 54.1 Å². The fourth-order valence-corrected chi connectivity index (χ4v) is 2.45. The van der Waals surface area contributed by atoms with Gasteiger partial charge in [0.1, 0.15) is 17.6 Å². The molecule has 25 heavy (non-hydrogen) atoms. The largest absolute Gasteiger partial charge is 0.494 e. The fourth-order valence-electron chi connectivity index (χ4n) is 2.45. The Hall–Kier alpha value is -2.16. The third kappa shape index (κ3) is 6.69. The Kier molecular flexibility index (Phi) is 7.65. The van der Waals surface area contributed by atoms with Crippen LogP contribution in [-0.4, -0.2) is 19.3 Å². The average molecular weight is 341 g/mol. The normalized spacial score (nSPS) is 12.0. The van der Waals surface area contributed by atoms with Crippen molar-refractivity contribution < 1.29 is 9.47 Å². The maximum Gasteiger partial charge on any atom is 0.122 e. The van der Waals surface area contributed by atoms with E-state index in [1.165, 1.54) is 5.56 Å². The molecule has 1 unspecified atom stereocenters. The van der Waals surface area contributed by atoms with Crippen LogP contribution in [0.2, 0.25) is 0 Å². The minimum Gasteiger partial charge on any atom is -0.494 e. The Balaban J connectivity index is 1.81. The molecule has 0 saturated heterocycles. The smallest absolute Gasteiger partial charge is 0.122 e. The number of aryl methyl sites for hydroxylation is 1. The van der Waals surface area contributed by atoms with Gasteiger partial charge in [-0.05, 0) is 61.6 Å². The number of nitrogens with one attached hydrogen (secondary N) is 1. The zero-order chi connectivity index (χ0) is 18.1. The molecule has 2 aromatic rings. The second kappa shape index (κ2) is 9.97. The fraction of sp³-hybridized carbons (Fsp3) is 0.455. The summed E-state index contributed by atoms with van der Waals surface area (Å²) in [4.78, 5) is 0. The number of anilines is 1. The molecular weight excluding hydrogens is 310 g/mol. The van der Waals surface area contributed by atoms with E-state index >= 15 is 0 Å². The third-order valence-electron chi connectivity index (χ3n) is 4.19. The van der Waals surface area contributed by atoms with Gasteiger partial charge < -0.3 is 14.8 Å². The van der Waals surface area contributed by atoms with Crippen LogP contribution < -0.4 is 14.8 Å². The lowest BCUT2D eigenvalue weighted by atomic mass is 10.1. The maximum atomic E-state index is 6.13. The van der Waals surface area contributed by atoms with Crippen molar-refractivity contribution >= 4 is 5.69 Å². The van der Waals surface area contributed by atoms with Crippen LogP contribution in [0, 0.1) is 12.8 Å². The lowest BCUT2D eigenvalue weighted by molar-refractivity contribution is 0.208. The molecule has 0 fully saturated rings. The predicted octanol–water partition coefficient (Wildman–Crippen LogP) is 5.69. The van der Waals surface area contributed by atoms with Crippen molar-refractivity contribution in [2.45, 2.75) is 46.6 Å². The molecule has 2 rings (SSSR count). The van der Waals surface area contributed by atoms with Crippen LogP contribution in [0.25, 0.3) is 0 Å². The molecule has 0 radical (unpaired) electrons. The lowest BCUT2D eigenvalue weighted by Gasteiger charge is -2.20. The Morgan fingerprint density at radius 2 is 1.72 bits per heavy atom. The van der Waals surface area contributed by atoms with Gasteiger partial charge in [0.2, 0.25) is 0 Å². The van der Waals surface area contributed by atoms with E-state index in [1.807, 2.05) is 30.3 Å². The minimum atomic E-state index is 0.142. The molecule has 3 nitrogen and oxygen atoms in total. The van der Waals surface area contributed by atoms with E-state index < -0.39 is 0 Å². The summed E-state index contributed by atoms with van der Waals surface area (Å²) in [5.74, 6) is 2.56. The number of ether oxygens (including phenoxy) is 2. The van der Waals surface area contributed by atoms with Crippen molar-refractivity contribution in [2.24, 2.45) is 5.92 Å². The van der Waals surface area contributed by atoms with Crippen molar-refractivity contribution in [1.82, 2.24) is 0 Å². The molecule has 0 amide bonds. The number of rotatable bonds is 10. The molecule has 0 bridgehead atoms. The van der Waals surface area contributed by atoms with Gasteiger partial charge in [-0.2, -0.15) is 0 Å². The molecule has 3 heteroatoms. The van der Waals surface area contributed by atoms with E-state index in [-0.39, 0.29) is 6.10 Å². The van der Waals surface area contributed by atoms with E-state index in [1.54, 1.807) is 0 Å². The molecule has 1 atom stereocenters. The highest BCUT2D eigenvalue weighted by atomic mass is 16.5. The predicted molar refractivity (Wildman–Crippen MR) is 106 cm³/mol. The molecular formula is C22H31NO2. The van der Waals surface area contributed by atoms with Crippen molar-refractivity contribution in [3.63, 3.8) is 0 Å². The summed E-state index contributed by atoms with van der Waals surface area (Å²) in [5, 5.41) is 3.46. The zero-order valence-corrected chi connectivity index (χ0v) is 15.9. The topological polar surface area (TPSA) is 30.5 Å². The first-order chi connectivity index (χ1) is 12.1. The third-order valence-corrected chi connectivity index (χ3v) is 4.19. The molecule has 136 valence electrons. The second-order valence-corrected chi connectivity index (χ2v) is 6.85. The summed E-state index contributed by atoms with van der Waals surface area (Å²) >= 11 is 0. The minimum absolute atomic E-state index is 0.142. The average Bonchev–Trinajstić information content (AvgIpc) is 2.61. The Morgan fingerprint density at radius 1 is 1.00 bits per heavy atom. The second-order valence-electron chi connectivity index (χ2n) is 6.85. The monoisotopic (exact) mass is 341 g/mol. The SMILES string of the molecule is CCC(CNc1ccc(OCCC(C)C)cc1)Oc1ccccc1C. The zero-order valence-electron chi connectivity index (χ0n) is 15.9. The van der Waals surface area contributed by atoms with Gasteiger partial charge in [-0.25, -0.2) is 0 Å². The number of hydrogen-bond donors (Lipinski definition) is 1. The lowest BCUT2D eigenvalue weighted by Crippen LogP contribution is -2.25. The molecule has 0 spiro atoms. The summed E-state index contributed by atoms with van der Waals surface area (Å²) in [6.07, 6.45) is 2.18. The van der Waals surface area contributed by atoms with Gasteiger partial charge in [-0.15, -0.1) is 0 Å². The Morgan fingerprint density at radius 3 is 2.36 bits per heavy atom. The van der Waals surface area contributed by atoms with Crippen molar-refractivity contribution in [3.8, 4) is 11.5 Å². The summed E-state index contributed by atoms with van der Waals surface area (Å²) in [7, 11) is 0. The summed E-state index contributed by atoms with van der Waals surface area (Å²) in [5.41, 5.74) is 2.26. The summed E-state index contributed by atoms with van der Waals surface area (Å²) in [6.45, 7) is 10.2. The van der Waals surface area contributed by atoms with Crippen molar-refractivity contribution in [2.75, 3.05) is 18.5 Å². The van der Waals surface area contributed by atoms with E-state index in [4.69, 9.17) is 9.47 Å². The Bertz CT molecular complexity index is 622. The van der Waals surface area contributed by atoms with Crippen LogP contribution in [0.3, 0.4) is 0 Å². The van der Waals surface area contributed by atoms with Crippen LogP contribution in [0.5, 0.6) is 11.5 Å². The Labute approximate surface area is 152 Å².